The van der Waals surface area contributed by atoms with Gasteiger partial charge in [0.15, 0.2) is 6.23 Å². The lowest BCUT2D eigenvalue weighted by Gasteiger charge is -2.15. The molecule has 1 amide bonds. The van der Waals surface area contributed by atoms with E-state index in [2.05, 4.69) is 28.8 Å². The Balaban J connectivity index is 1.87. The summed E-state index contributed by atoms with van der Waals surface area (Å²) in [5, 5.41) is 33.3. The first-order valence-electron chi connectivity index (χ1n) is 8.94. The molecule has 2 heterocycles. The number of carbonyl (C=O) groups is 1. The van der Waals surface area contributed by atoms with Crippen LogP contribution in [-0.2, 0) is 11.2 Å². The molecule has 1 aromatic carbocycles. The van der Waals surface area contributed by atoms with Gasteiger partial charge >= 0.3 is 0 Å². The van der Waals surface area contributed by atoms with Crippen LogP contribution < -0.4 is 5.73 Å². The fourth-order valence-electron chi connectivity index (χ4n) is 2.98. The van der Waals surface area contributed by atoms with E-state index >= 15 is 0 Å². The second kappa shape index (κ2) is 8.50. The number of aryl methyl sites for hydroxylation is 1. The molecule has 0 aliphatic carbocycles. The van der Waals surface area contributed by atoms with Crippen molar-refractivity contribution in [3.8, 4) is 11.8 Å². The Morgan fingerprint density at radius 3 is 2.54 bits per heavy atom. The maximum atomic E-state index is 11.7. The lowest BCUT2D eigenvalue weighted by Crippen LogP contribution is -2.34. The van der Waals surface area contributed by atoms with Crippen LogP contribution in [0.4, 0.5) is 0 Å². The van der Waals surface area contributed by atoms with Gasteiger partial charge in [0.1, 0.15) is 18.3 Å². The molecule has 0 unspecified atom stereocenters. The standard InChI is InChI=1S/C19H22N4O5/c1-2-3-11-4-6-12(7-5-11)8-9-14-21-18(17(20)27)23(22-14)19-16(26)15(25)13(10-24)28-19/h4-7,13,15-16,19,24-26H,2-3,10H2,1H3,(H2,20,27)/t13-,15-,16-,19-/m1/s1. The van der Waals surface area contributed by atoms with Crippen molar-refractivity contribution in [3.05, 3.63) is 47.0 Å². The molecule has 4 atom stereocenters. The second-order valence-electron chi connectivity index (χ2n) is 6.49. The Bertz CT molecular complexity index is 899. The Hall–Kier alpha value is -2.77. The largest absolute Gasteiger partial charge is 0.394 e. The molecule has 0 saturated carbocycles. The van der Waals surface area contributed by atoms with Gasteiger partial charge in [0, 0.05) is 5.56 Å². The summed E-state index contributed by atoms with van der Waals surface area (Å²) >= 11 is 0. The van der Waals surface area contributed by atoms with Gasteiger partial charge < -0.3 is 25.8 Å². The number of amides is 1. The first-order valence-corrected chi connectivity index (χ1v) is 8.94. The van der Waals surface area contributed by atoms with Crippen LogP contribution in [0.15, 0.2) is 24.3 Å². The minimum absolute atomic E-state index is 0.0178. The summed E-state index contributed by atoms with van der Waals surface area (Å²) in [6.07, 6.45) is -2.93. The van der Waals surface area contributed by atoms with Gasteiger partial charge in [-0.2, -0.15) is 4.98 Å². The zero-order valence-corrected chi connectivity index (χ0v) is 15.3. The third-order valence-corrected chi connectivity index (χ3v) is 4.42. The van der Waals surface area contributed by atoms with Gasteiger partial charge in [-0.05, 0) is 30.0 Å². The third kappa shape index (κ3) is 4.05. The molecule has 1 aliphatic heterocycles. The predicted molar refractivity (Wildman–Crippen MR) is 98.0 cm³/mol. The fourth-order valence-corrected chi connectivity index (χ4v) is 2.98. The molecular formula is C19H22N4O5. The number of benzene rings is 1. The molecule has 0 bridgehead atoms. The number of aliphatic hydroxyl groups is 3. The van der Waals surface area contributed by atoms with Crippen molar-refractivity contribution in [1.82, 2.24) is 14.8 Å². The molecule has 0 radical (unpaired) electrons. The van der Waals surface area contributed by atoms with Crippen LogP contribution in [0.3, 0.4) is 0 Å². The maximum absolute atomic E-state index is 11.7. The highest BCUT2D eigenvalue weighted by Gasteiger charge is 2.45. The number of rotatable bonds is 5. The summed E-state index contributed by atoms with van der Waals surface area (Å²) < 4.78 is 6.37. The summed E-state index contributed by atoms with van der Waals surface area (Å²) in [5.74, 6) is 4.52. The molecule has 1 fully saturated rings. The Morgan fingerprint density at radius 2 is 1.96 bits per heavy atom. The van der Waals surface area contributed by atoms with Crippen molar-refractivity contribution in [2.75, 3.05) is 6.61 Å². The predicted octanol–water partition coefficient (Wildman–Crippen LogP) is -0.659. The number of hydrogen-bond acceptors (Lipinski definition) is 7. The Kier molecular flexibility index (Phi) is 6.06. The molecule has 5 N–H and O–H groups in total. The summed E-state index contributed by atoms with van der Waals surface area (Å²) in [6.45, 7) is 1.61. The number of carbonyl (C=O) groups excluding carboxylic acids is 1. The van der Waals surface area contributed by atoms with Crippen LogP contribution in [0.2, 0.25) is 0 Å². The molecule has 28 heavy (non-hydrogen) atoms. The van der Waals surface area contributed by atoms with Gasteiger partial charge in [0.25, 0.3) is 5.91 Å². The van der Waals surface area contributed by atoms with Gasteiger partial charge in [0.2, 0.25) is 11.6 Å². The zero-order valence-electron chi connectivity index (χ0n) is 15.3. The number of ether oxygens (including phenoxy) is 1. The van der Waals surface area contributed by atoms with Crippen molar-refractivity contribution in [3.63, 3.8) is 0 Å². The average Bonchev–Trinajstić information content (AvgIpc) is 3.23. The zero-order chi connectivity index (χ0) is 20.3. The first kappa shape index (κ1) is 20.0. The molecule has 1 saturated heterocycles. The molecule has 3 rings (SSSR count). The highest BCUT2D eigenvalue weighted by Crippen LogP contribution is 2.29. The van der Waals surface area contributed by atoms with Gasteiger partial charge in [-0.1, -0.05) is 31.4 Å². The van der Waals surface area contributed by atoms with Crippen molar-refractivity contribution in [1.29, 1.82) is 0 Å². The molecule has 1 aromatic heterocycles. The maximum Gasteiger partial charge on any atom is 0.286 e. The fraction of sp³-hybridized carbons (Fsp3) is 0.421. The van der Waals surface area contributed by atoms with Crippen LogP contribution in [0.25, 0.3) is 0 Å². The minimum atomic E-state index is -1.41. The third-order valence-electron chi connectivity index (χ3n) is 4.42. The molecule has 9 heteroatoms. The molecule has 148 valence electrons. The summed E-state index contributed by atoms with van der Waals surface area (Å²) in [6, 6.07) is 7.76. The number of primary amides is 1. The van der Waals surface area contributed by atoms with E-state index in [0.29, 0.717) is 0 Å². The number of aliphatic hydroxyl groups excluding tert-OH is 3. The highest BCUT2D eigenvalue weighted by atomic mass is 16.6. The van der Waals surface area contributed by atoms with Gasteiger partial charge in [0.05, 0.1) is 6.61 Å². The van der Waals surface area contributed by atoms with E-state index in [0.717, 1.165) is 23.1 Å². The van der Waals surface area contributed by atoms with Gasteiger partial charge in [-0.25, -0.2) is 4.68 Å². The molecular weight excluding hydrogens is 364 g/mol. The summed E-state index contributed by atoms with van der Waals surface area (Å²) in [5.41, 5.74) is 7.31. The van der Waals surface area contributed by atoms with Crippen LogP contribution in [0, 0.1) is 11.8 Å². The SMILES string of the molecule is CCCc1ccc(C#Cc2nc(C(N)=O)n([C@@H]3O[C@H](CO)[C@@H](O)[C@H]3O)n2)cc1. The number of nitrogens with zero attached hydrogens (tertiary/aromatic N) is 3. The normalized spacial score (nSPS) is 24.0. The summed E-state index contributed by atoms with van der Waals surface area (Å²) in [4.78, 5) is 15.7. The van der Waals surface area contributed by atoms with E-state index < -0.39 is 37.1 Å². The first-order chi connectivity index (χ1) is 13.4. The van der Waals surface area contributed by atoms with E-state index in [9.17, 15) is 20.1 Å². The molecule has 1 aliphatic rings. The van der Waals surface area contributed by atoms with Crippen molar-refractivity contribution in [2.45, 2.75) is 44.3 Å². The van der Waals surface area contributed by atoms with Crippen LogP contribution in [0.1, 0.15) is 47.1 Å². The number of nitrogens with two attached hydrogens (primary N) is 1. The second-order valence-corrected chi connectivity index (χ2v) is 6.49. The highest BCUT2D eigenvalue weighted by molar-refractivity contribution is 5.89. The van der Waals surface area contributed by atoms with Crippen LogP contribution in [-0.4, -0.2) is 60.9 Å². The van der Waals surface area contributed by atoms with Gasteiger partial charge in [-0.15, -0.1) is 5.10 Å². The van der Waals surface area contributed by atoms with E-state index in [1.165, 1.54) is 5.56 Å². The lowest BCUT2D eigenvalue weighted by molar-refractivity contribution is -0.0595. The molecule has 0 spiro atoms. The smallest absolute Gasteiger partial charge is 0.286 e. The van der Waals surface area contributed by atoms with E-state index in [1.807, 2.05) is 24.3 Å². The van der Waals surface area contributed by atoms with E-state index in [4.69, 9.17) is 10.5 Å². The van der Waals surface area contributed by atoms with Crippen molar-refractivity contribution in [2.24, 2.45) is 5.73 Å². The van der Waals surface area contributed by atoms with Crippen LogP contribution in [0.5, 0.6) is 0 Å². The molecule has 2 aromatic rings. The monoisotopic (exact) mass is 386 g/mol. The number of aromatic nitrogens is 3. The lowest BCUT2D eigenvalue weighted by atomic mass is 10.1. The van der Waals surface area contributed by atoms with Crippen molar-refractivity contribution >= 4 is 5.91 Å². The van der Waals surface area contributed by atoms with Crippen molar-refractivity contribution < 1.29 is 24.9 Å². The Morgan fingerprint density at radius 1 is 1.25 bits per heavy atom. The molecule has 9 nitrogen and oxygen atoms in total. The van der Waals surface area contributed by atoms with Gasteiger partial charge in [-0.3, -0.25) is 4.79 Å². The summed E-state index contributed by atoms with van der Waals surface area (Å²) in [7, 11) is 0. The van der Waals surface area contributed by atoms with E-state index in [-0.39, 0.29) is 11.6 Å². The number of hydrogen-bond donors (Lipinski definition) is 4. The average molecular weight is 386 g/mol. The quantitative estimate of drug-likeness (QED) is 0.499. The van der Waals surface area contributed by atoms with Crippen LogP contribution >= 0.6 is 0 Å². The van der Waals surface area contributed by atoms with E-state index in [1.54, 1.807) is 0 Å². The topological polar surface area (TPSA) is 144 Å². The minimum Gasteiger partial charge on any atom is -0.394 e. The Labute approximate surface area is 161 Å².